The van der Waals surface area contributed by atoms with E-state index in [-0.39, 0.29) is 18.0 Å². The Labute approximate surface area is 99.9 Å². The molecule has 5 heteroatoms. The average molecular weight is 235 g/mol. The van der Waals surface area contributed by atoms with Gasteiger partial charge >= 0.3 is 0 Å². The van der Waals surface area contributed by atoms with Crippen LogP contribution >= 0.6 is 0 Å². The standard InChI is InChI=1S/C12H14FN3O/c1-15(2)12(17)8-16(3)11-6-4-5-10(13)9(11)7-14/h4-6H,8H2,1-3H3. The van der Waals surface area contributed by atoms with Gasteiger partial charge in [0.2, 0.25) is 5.91 Å². The van der Waals surface area contributed by atoms with E-state index in [1.807, 2.05) is 0 Å². The van der Waals surface area contributed by atoms with Gasteiger partial charge in [0.25, 0.3) is 0 Å². The molecule has 0 fully saturated rings. The summed E-state index contributed by atoms with van der Waals surface area (Å²) < 4.78 is 13.4. The summed E-state index contributed by atoms with van der Waals surface area (Å²) in [5.41, 5.74) is 0.379. The van der Waals surface area contributed by atoms with Gasteiger partial charge in [-0.3, -0.25) is 4.79 Å². The molecule has 0 radical (unpaired) electrons. The van der Waals surface area contributed by atoms with Crippen molar-refractivity contribution in [2.24, 2.45) is 0 Å². The summed E-state index contributed by atoms with van der Waals surface area (Å²) in [6.07, 6.45) is 0. The highest BCUT2D eigenvalue weighted by Gasteiger charge is 2.14. The van der Waals surface area contributed by atoms with E-state index in [4.69, 9.17) is 5.26 Å². The van der Waals surface area contributed by atoms with Gasteiger partial charge in [0, 0.05) is 21.1 Å². The Morgan fingerprint density at radius 1 is 1.41 bits per heavy atom. The molecule has 1 rings (SSSR count). The zero-order valence-electron chi connectivity index (χ0n) is 10.1. The molecule has 0 atom stereocenters. The largest absolute Gasteiger partial charge is 0.364 e. The van der Waals surface area contributed by atoms with Crippen LogP contribution in [0.5, 0.6) is 0 Å². The number of halogens is 1. The maximum atomic E-state index is 13.4. The summed E-state index contributed by atoms with van der Waals surface area (Å²) >= 11 is 0. The van der Waals surface area contributed by atoms with Crippen molar-refractivity contribution in [2.75, 3.05) is 32.6 Å². The van der Waals surface area contributed by atoms with Crippen LogP contribution in [0, 0.1) is 17.1 Å². The first-order valence-corrected chi connectivity index (χ1v) is 5.07. The van der Waals surface area contributed by atoms with Gasteiger partial charge in [0.05, 0.1) is 12.2 Å². The van der Waals surface area contributed by atoms with Gasteiger partial charge in [-0.2, -0.15) is 5.26 Å². The Kier molecular flexibility index (Phi) is 4.05. The molecule has 0 saturated carbocycles. The second-order valence-electron chi connectivity index (χ2n) is 3.89. The minimum Gasteiger partial charge on any atom is -0.364 e. The van der Waals surface area contributed by atoms with E-state index in [2.05, 4.69) is 0 Å². The van der Waals surface area contributed by atoms with E-state index in [1.54, 1.807) is 38.2 Å². The molecule has 0 saturated heterocycles. The fraction of sp³-hybridized carbons (Fsp3) is 0.333. The molecule has 0 aromatic heterocycles. The Morgan fingerprint density at radius 3 is 2.59 bits per heavy atom. The molecule has 0 aliphatic carbocycles. The summed E-state index contributed by atoms with van der Waals surface area (Å²) in [7, 11) is 4.94. The average Bonchev–Trinajstić information content (AvgIpc) is 2.28. The van der Waals surface area contributed by atoms with Crippen LogP contribution in [-0.4, -0.2) is 38.5 Å². The highest BCUT2D eigenvalue weighted by molar-refractivity contribution is 5.81. The summed E-state index contributed by atoms with van der Waals surface area (Å²) in [6, 6.07) is 6.16. The van der Waals surface area contributed by atoms with Crippen LogP contribution in [0.25, 0.3) is 0 Å². The lowest BCUT2D eigenvalue weighted by molar-refractivity contribution is -0.127. The number of carbonyl (C=O) groups excluding carboxylic acids is 1. The third-order valence-corrected chi connectivity index (χ3v) is 2.39. The number of likely N-dealkylation sites (N-methyl/N-ethyl adjacent to an activating group) is 2. The highest BCUT2D eigenvalue weighted by Crippen LogP contribution is 2.21. The maximum Gasteiger partial charge on any atom is 0.241 e. The van der Waals surface area contributed by atoms with Crippen LogP contribution in [-0.2, 0) is 4.79 Å². The molecule has 4 nitrogen and oxygen atoms in total. The van der Waals surface area contributed by atoms with Gasteiger partial charge in [0.1, 0.15) is 17.4 Å². The molecule has 0 aliphatic rings. The van der Waals surface area contributed by atoms with Gasteiger partial charge in [-0.05, 0) is 12.1 Å². The number of amides is 1. The first-order valence-electron chi connectivity index (χ1n) is 5.07. The van der Waals surface area contributed by atoms with Crippen molar-refractivity contribution < 1.29 is 9.18 Å². The smallest absolute Gasteiger partial charge is 0.241 e. The van der Waals surface area contributed by atoms with E-state index >= 15 is 0 Å². The number of hydrogen-bond donors (Lipinski definition) is 0. The number of nitrogens with zero attached hydrogens (tertiary/aromatic N) is 3. The summed E-state index contributed by atoms with van der Waals surface area (Å²) in [5.74, 6) is -0.685. The molecule has 1 aromatic carbocycles. The minimum absolute atomic E-state index is 0.0402. The van der Waals surface area contributed by atoms with Gasteiger partial charge in [-0.15, -0.1) is 0 Å². The molecular weight excluding hydrogens is 221 g/mol. The van der Waals surface area contributed by atoms with Crippen molar-refractivity contribution in [3.63, 3.8) is 0 Å². The third kappa shape index (κ3) is 2.94. The zero-order chi connectivity index (χ0) is 13.0. The molecule has 0 heterocycles. The van der Waals surface area contributed by atoms with Crippen molar-refractivity contribution in [1.82, 2.24) is 4.90 Å². The second kappa shape index (κ2) is 5.30. The fourth-order valence-corrected chi connectivity index (χ4v) is 1.37. The quantitative estimate of drug-likeness (QED) is 0.791. The number of benzene rings is 1. The first kappa shape index (κ1) is 13.0. The molecule has 1 amide bonds. The van der Waals surface area contributed by atoms with Gasteiger partial charge in [-0.1, -0.05) is 6.07 Å². The van der Waals surface area contributed by atoms with E-state index in [0.717, 1.165) is 0 Å². The van der Waals surface area contributed by atoms with Gasteiger partial charge in [0.15, 0.2) is 0 Å². The van der Waals surface area contributed by atoms with Crippen molar-refractivity contribution in [3.8, 4) is 6.07 Å². The lowest BCUT2D eigenvalue weighted by Crippen LogP contribution is -2.34. The van der Waals surface area contributed by atoms with Crippen LogP contribution in [0.1, 0.15) is 5.56 Å². The SMILES string of the molecule is CN(C)C(=O)CN(C)c1cccc(F)c1C#N. The van der Waals surface area contributed by atoms with E-state index in [1.165, 1.54) is 17.0 Å². The van der Waals surface area contributed by atoms with Crippen molar-refractivity contribution in [1.29, 1.82) is 5.26 Å². The van der Waals surface area contributed by atoms with Crippen LogP contribution in [0.2, 0.25) is 0 Å². The fourth-order valence-electron chi connectivity index (χ4n) is 1.37. The van der Waals surface area contributed by atoms with Gasteiger partial charge < -0.3 is 9.80 Å². The lowest BCUT2D eigenvalue weighted by Gasteiger charge is -2.21. The summed E-state index contributed by atoms with van der Waals surface area (Å²) in [4.78, 5) is 14.5. The Hall–Kier alpha value is -2.09. The van der Waals surface area contributed by atoms with E-state index < -0.39 is 5.82 Å². The predicted octanol–water partition coefficient (Wildman–Crippen LogP) is 1.22. The van der Waals surface area contributed by atoms with Crippen LogP contribution < -0.4 is 4.90 Å². The molecule has 0 spiro atoms. The topological polar surface area (TPSA) is 47.3 Å². The van der Waals surface area contributed by atoms with E-state index in [0.29, 0.717) is 5.69 Å². The number of rotatable bonds is 3. The number of hydrogen-bond acceptors (Lipinski definition) is 3. The molecule has 0 unspecified atom stereocenters. The highest BCUT2D eigenvalue weighted by atomic mass is 19.1. The molecule has 17 heavy (non-hydrogen) atoms. The number of anilines is 1. The zero-order valence-corrected chi connectivity index (χ0v) is 10.1. The molecule has 1 aromatic rings. The lowest BCUT2D eigenvalue weighted by atomic mass is 10.1. The predicted molar refractivity (Wildman–Crippen MR) is 63.1 cm³/mol. The van der Waals surface area contributed by atoms with Crippen LogP contribution in [0.4, 0.5) is 10.1 Å². The van der Waals surface area contributed by atoms with Gasteiger partial charge in [-0.25, -0.2) is 4.39 Å². The van der Waals surface area contributed by atoms with E-state index in [9.17, 15) is 9.18 Å². The normalized spacial score (nSPS) is 9.59. The Balaban J connectivity index is 2.98. The molecule has 0 N–H and O–H groups in total. The molecule has 90 valence electrons. The Bertz CT molecular complexity index is 465. The first-order chi connectivity index (χ1) is 7.97. The van der Waals surface area contributed by atoms with Crippen LogP contribution in [0.15, 0.2) is 18.2 Å². The Morgan fingerprint density at radius 2 is 2.06 bits per heavy atom. The number of carbonyl (C=O) groups is 1. The van der Waals surface area contributed by atoms with Crippen molar-refractivity contribution in [3.05, 3.63) is 29.6 Å². The minimum atomic E-state index is -0.575. The number of nitriles is 1. The monoisotopic (exact) mass is 235 g/mol. The van der Waals surface area contributed by atoms with Crippen molar-refractivity contribution in [2.45, 2.75) is 0 Å². The molecule has 0 bridgehead atoms. The summed E-state index contributed by atoms with van der Waals surface area (Å²) in [6.45, 7) is 0.102. The second-order valence-corrected chi connectivity index (χ2v) is 3.89. The molecular formula is C12H14FN3O. The van der Waals surface area contributed by atoms with Crippen molar-refractivity contribution >= 4 is 11.6 Å². The third-order valence-electron chi connectivity index (χ3n) is 2.39. The summed E-state index contributed by atoms with van der Waals surface area (Å²) in [5, 5.41) is 8.88. The maximum absolute atomic E-state index is 13.4. The molecule has 0 aliphatic heterocycles. The van der Waals surface area contributed by atoms with Crippen LogP contribution in [0.3, 0.4) is 0 Å².